The second kappa shape index (κ2) is 12.3. The molecule has 0 saturated carbocycles. The smallest absolute Gasteiger partial charge is 0.271 e. The van der Waals surface area contributed by atoms with Crippen molar-refractivity contribution in [2.75, 3.05) is 38.2 Å². The van der Waals surface area contributed by atoms with Gasteiger partial charge in [0.15, 0.2) is 16.6 Å². The standard InChI is InChI=1S/C26H24Cl2N4O5S/c1-36-24-14-18(4-9-23(24)37-16-17-2-5-19(27)6-3-17)25(33)29-26(38)31-12-10-30(11-13-31)22-8-7-20(32(34)35)15-21(22)28/h2-9,14-15H,10-13,16H2,1H3,(H,29,33,38). The molecule has 1 saturated heterocycles. The molecule has 12 heteroatoms. The highest BCUT2D eigenvalue weighted by molar-refractivity contribution is 7.80. The molecule has 0 aromatic heterocycles. The second-order valence-corrected chi connectivity index (χ2v) is 9.64. The van der Waals surface area contributed by atoms with Crippen LogP contribution in [-0.2, 0) is 6.61 Å². The fourth-order valence-electron chi connectivity index (χ4n) is 3.93. The maximum Gasteiger partial charge on any atom is 0.271 e. The van der Waals surface area contributed by atoms with E-state index in [1.165, 1.54) is 19.2 Å². The number of methoxy groups -OCH3 is 1. The van der Waals surface area contributed by atoms with Gasteiger partial charge in [-0.25, -0.2) is 0 Å². The number of thiocarbonyl (C=S) groups is 1. The first kappa shape index (κ1) is 27.4. The van der Waals surface area contributed by atoms with Crippen LogP contribution in [-0.4, -0.2) is 54.1 Å². The average molecular weight is 575 g/mol. The largest absolute Gasteiger partial charge is 0.493 e. The average Bonchev–Trinajstić information content (AvgIpc) is 2.92. The summed E-state index contributed by atoms with van der Waals surface area (Å²) in [4.78, 5) is 27.3. The van der Waals surface area contributed by atoms with Crippen LogP contribution in [0.1, 0.15) is 15.9 Å². The van der Waals surface area contributed by atoms with Crippen molar-refractivity contribution in [2.45, 2.75) is 6.61 Å². The Balaban J connectivity index is 1.32. The van der Waals surface area contributed by atoms with Crippen molar-refractivity contribution in [1.82, 2.24) is 10.2 Å². The number of carbonyl (C=O) groups excluding carboxylic acids is 1. The van der Waals surface area contributed by atoms with Crippen molar-refractivity contribution >= 4 is 57.8 Å². The number of nitro benzene ring substituents is 1. The summed E-state index contributed by atoms with van der Waals surface area (Å²) in [5.41, 5.74) is 1.98. The van der Waals surface area contributed by atoms with Gasteiger partial charge in [0.25, 0.3) is 11.6 Å². The minimum atomic E-state index is -0.480. The van der Waals surface area contributed by atoms with Crippen molar-refractivity contribution in [3.8, 4) is 11.5 Å². The number of amides is 1. The van der Waals surface area contributed by atoms with Crippen LogP contribution in [0.4, 0.5) is 11.4 Å². The van der Waals surface area contributed by atoms with Crippen molar-refractivity contribution in [1.29, 1.82) is 0 Å². The highest BCUT2D eigenvalue weighted by Crippen LogP contribution is 2.31. The maximum atomic E-state index is 12.9. The quantitative estimate of drug-likeness (QED) is 0.230. The van der Waals surface area contributed by atoms with Crippen LogP contribution in [0.2, 0.25) is 10.0 Å². The fourth-order valence-corrected chi connectivity index (χ4v) is 4.63. The van der Waals surface area contributed by atoms with E-state index in [2.05, 4.69) is 5.32 Å². The molecule has 0 bridgehead atoms. The van der Waals surface area contributed by atoms with Gasteiger partial charge in [-0.1, -0.05) is 35.3 Å². The summed E-state index contributed by atoms with van der Waals surface area (Å²) in [6, 6.07) is 16.7. The molecular formula is C26H24Cl2N4O5S. The summed E-state index contributed by atoms with van der Waals surface area (Å²) < 4.78 is 11.3. The Hall–Kier alpha value is -3.60. The molecule has 0 atom stereocenters. The van der Waals surface area contributed by atoms with E-state index in [-0.39, 0.29) is 11.6 Å². The van der Waals surface area contributed by atoms with Gasteiger partial charge in [-0.3, -0.25) is 20.2 Å². The van der Waals surface area contributed by atoms with E-state index >= 15 is 0 Å². The highest BCUT2D eigenvalue weighted by Gasteiger charge is 2.23. The molecule has 4 rings (SSSR count). The lowest BCUT2D eigenvalue weighted by atomic mass is 10.2. The number of nitro groups is 1. The number of hydrogen-bond acceptors (Lipinski definition) is 7. The SMILES string of the molecule is COc1cc(C(=O)NC(=S)N2CCN(c3ccc([N+](=O)[O-])cc3Cl)CC2)ccc1OCc1ccc(Cl)cc1. The third kappa shape index (κ3) is 6.63. The van der Waals surface area contributed by atoms with Crippen molar-refractivity contribution in [3.05, 3.63) is 92.0 Å². The van der Waals surface area contributed by atoms with Crippen LogP contribution >= 0.6 is 35.4 Å². The molecule has 3 aromatic rings. The first-order valence-electron chi connectivity index (χ1n) is 11.6. The van der Waals surface area contributed by atoms with Crippen LogP contribution in [0, 0.1) is 10.1 Å². The summed E-state index contributed by atoms with van der Waals surface area (Å²) in [6.45, 7) is 2.59. The molecule has 1 heterocycles. The summed E-state index contributed by atoms with van der Waals surface area (Å²) in [7, 11) is 1.51. The minimum Gasteiger partial charge on any atom is -0.493 e. The molecule has 1 aliphatic rings. The van der Waals surface area contributed by atoms with E-state index in [9.17, 15) is 14.9 Å². The summed E-state index contributed by atoms with van der Waals surface area (Å²) in [5, 5.41) is 15.0. The van der Waals surface area contributed by atoms with E-state index in [1.54, 1.807) is 36.4 Å². The number of rotatable bonds is 7. The van der Waals surface area contributed by atoms with Gasteiger partial charge in [-0.15, -0.1) is 0 Å². The first-order chi connectivity index (χ1) is 18.2. The predicted molar refractivity (Wildman–Crippen MR) is 151 cm³/mol. The zero-order valence-electron chi connectivity index (χ0n) is 20.4. The Morgan fingerprint density at radius 3 is 2.37 bits per heavy atom. The lowest BCUT2D eigenvalue weighted by Gasteiger charge is -2.37. The van der Waals surface area contributed by atoms with Gasteiger partial charge in [0.2, 0.25) is 0 Å². The molecule has 198 valence electrons. The van der Waals surface area contributed by atoms with Gasteiger partial charge in [0, 0.05) is 48.9 Å². The lowest BCUT2D eigenvalue weighted by molar-refractivity contribution is -0.384. The number of hydrogen-bond donors (Lipinski definition) is 1. The number of benzene rings is 3. The maximum absolute atomic E-state index is 12.9. The Bertz CT molecular complexity index is 1350. The van der Waals surface area contributed by atoms with Crippen LogP contribution in [0.15, 0.2) is 60.7 Å². The molecule has 38 heavy (non-hydrogen) atoms. The number of piperazine rings is 1. The molecule has 1 fully saturated rings. The molecule has 1 aliphatic heterocycles. The van der Waals surface area contributed by atoms with E-state index in [0.717, 1.165) is 11.3 Å². The number of nitrogens with zero attached hydrogens (tertiary/aromatic N) is 3. The Morgan fingerprint density at radius 2 is 1.74 bits per heavy atom. The van der Waals surface area contributed by atoms with Gasteiger partial charge in [-0.05, 0) is 54.2 Å². The topological polar surface area (TPSA) is 97.2 Å². The number of non-ortho nitro benzene ring substituents is 1. The van der Waals surface area contributed by atoms with Gasteiger partial charge in [0.05, 0.1) is 22.7 Å². The fraction of sp³-hybridized carbons (Fsp3) is 0.231. The van der Waals surface area contributed by atoms with Crippen LogP contribution < -0.4 is 19.7 Å². The normalized spacial score (nSPS) is 13.1. The van der Waals surface area contributed by atoms with Crippen LogP contribution in [0.3, 0.4) is 0 Å². The van der Waals surface area contributed by atoms with Crippen molar-refractivity contribution in [3.63, 3.8) is 0 Å². The lowest BCUT2D eigenvalue weighted by Crippen LogP contribution is -2.52. The van der Waals surface area contributed by atoms with Gasteiger partial charge >= 0.3 is 0 Å². The zero-order valence-corrected chi connectivity index (χ0v) is 22.7. The van der Waals surface area contributed by atoms with E-state index in [1.807, 2.05) is 21.9 Å². The molecule has 0 unspecified atom stereocenters. The third-order valence-electron chi connectivity index (χ3n) is 6.00. The summed E-state index contributed by atoms with van der Waals surface area (Å²) in [5.74, 6) is 0.562. The van der Waals surface area contributed by atoms with Crippen molar-refractivity contribution in [2.24, 2.45) is 0 Å². The Morgan fingerprint density at radius 1 is 1.03 bits per heavy atom. The van der Waals surface area contributed by atoms with E-state index in [4.69, 9.17) is 44.9 Å². The number of ether oxygens (including phenoxy) is 2. The monoisotopic (exact) mass is 574 g/mol. The Kier molecular flexibility index (Phi) is 8.88. The molecule has 0 spiro atoms. The highest BCUT2D eigenvalue weighted by atomic mass is 35.5. The van der Waals surface area contributed by atoms with Gasteiger partial charge < -0.3 is 19.3 Å². The van der Waals surface area contributed by atoms with E-state index < -0.39 is 4.92 Å². The van der Waals surface area contributed by atoms with Crippen LogP contribution in [0.25, 0.3) is 0 Å². The number of halogens is 2. The van der Waals surface area contributed by atoms with Crippen LogP contribution in [0.5, 0.6) is 11.5 Å². The first-order valence-corrected chi connectivity index (χ1v) is 12.8. The third-order valence-corrected chi connectivity index (χ3v) is 6.92. The molecule has 3 aromatic carbocycles. The molecular weight excluding hydrogens is 551 g/mol. The summed E-state index contributed by atoms with van der Waals surface area (Å²) >= 11 is 17.7. The number of carbonyl (C=O) groups is 1. The minimum absolute atomic E-state index is 0.0564. The summed E-state index contributed by atoms with van der Waals surface area (Å²) in [6.07, 6.45) is 0. The second-order valence-electron chi connectivity index (χ2n) is 8.41. The number of nitrogens with one attached hydrogen (secondary N) is 1. The molecule has 1 N–H and O–H groups in total. The van der Waals surface area contributed by atoms with E-state index in [0.29, 0.717) is 65.0 Å². The predicted octanol–water partition coefficient (Wildman–Crippen LogP) is 5.33. The Labute approximate surface area is 235 Å². The molecule has 1 amide bonds. The van der Waals surface area contributed by atoms with Gasteiger partial charge in [-0.2, -0.15) is 0 Å². The molecule has 0 radical (unpaired) electrons. The van der Waals surface area contributed by atoms with Crippen molar-refractivity contribution < 1.29 is 19.2 Å². The zero-order chi connectivity index (χ0) is 27.2. The molecule has 0 aliphatic carbocycles. The van der Waals surface area contributed by atoms with Gasteiger partial charge in [0.1, 0.15) is 6.61 Å². The molecule has 9 nitrogen and oxygen atoms in total. The number of anilines is 1.